The van der Waals surface area contributed by atoms with E-state index in [-0.39, 0.29) is 18.2 Å². The molecule has 0 aromatic heterocycles. The van der Waals surface area contributed by atoms with Crippen LogP contribution in [0.3, 0.4) is 0 Å². The van der Waals surface area contributed by atoms with Crippen molar-refractivity contribution >= 4 is 30.4 Å². The van der Waals surface area contributed by atoms with E-state index in [4.69, 9.17) is 0 Å². The smallest absolute Gasteiger partial charge is 0.326 e. The SMILES string of the molecule is CC(C)[C@@H](S)C(=O)NC1(C(=O)N[C@H](Cc2ccc(C3CCCCC3)cc2)C(=O)O)CCCC1. The lowest BCUT2D eigenvalue weighted by Gasteiger charge is -2.32. The Hall–Kier alpha value is -2.02. The molecule has 2 aliphatic carbocycles. The van der Waals surface area contributed by atoms with E-state index in [2.05, 4.69) is 35.4 Å². The third kappa shape index (κ3) is 6.52. The number of amides is 2. The summed E-state index contributed by atoms with van der Waals surface area (Å²) in [4.78, 5) is 37.9. The number of carboxylic acids is 1. The Morgan fingerprint density at radius 1 is 1.03 bits per heavy atom. The summed E-state index contributed by atoms with van der Waals surface area (Å²) in [5, 5.41) is 14.9. The van der Waals surface area contributed by atoms with Gasteiger partial charge < -0.3 is 15.7 Å². The lowest BCUT2D eigenvalue weighted by Crippen LogP contribution is -2.61. The molecule has 0 saturated heterocycles. The predicted molar refractivity (Wildman–Crippen MR) is 132 cm³/mol. The highest BCUT2D eigenvalue weighted by molar-refractivity contribution is 7.81. The van der Waals surface area contributed by atoms with Gasteiger partial charge in [0.15, 0.2) is 0 Å². The monoisotopic (exact) mass is 474 g/mol. The van der Waals surface area contributed by atoms with E-state index in [0.29, 0.717) is 18.8 Å². The number of thiol groups is 1. The normalized spacial score (nSPS) is 20.2. The maximum Gasteiger partial charge on any atom is 0.326 e. The quantitative estimate of drug-likeness (QED) is 0.403. The summed E-state index contributed by atoms with van der Waals surface area (Å²) in [5.41, 5.74) is 1.13. The van der Waals surface area contributed by atoms with Gasteiger partial charge in [-0.2, -0.15) is 12.6 Å². The average molecular weight is 475 g/mol. The van der Waals surface area contributed by atoms with Crippen LogP contribution < -0.4 is 10.6 Å². The molecular formula is C26H38N2O4S. The molecule has 2 aliphatic rings. The first kappa shape index (κ1) is 25.6. The molecule has 2 amide bonds. The maximum atomic E-state index is 13.2. The zero-order valence-electron chi connectivity index (χ0n) is 19.8. The van der Waals surface area contributed by atoms with Gasteiger partial charge in [0.05, 0.1) is 5.25 Å². The van der Waals surface area contributed by atoms with E-state index in [1.54, 1.807) is 0 Å². The molecule has 0 bridgehead atoms. The van der Waals surface area contributed by atoms with Gasteiger partial charge in [0.1, 0.15) is 11.6 Å². The van der Waals surface area contributed by atoms with Crippen molar-refractivity contribution in [2.45, 2.75) is 101 Å². The van der Waals surface area contributed by atoms with Gasteiger partial charge in [-0.05, 0) is 48.6 Å². The number of hydrogen-bond acceptors (Lipinski definition) is 4. The van der Waals surface area contributed by atoms with E-state index < -0.39 is 28.7 Å². The van der Waals surface area contributed by atoms with Gasteiger partial charge >= 0.3 is 5.97 Å². The van der Waals surface area contributed by atoms with Gasteiger partial charge in [0.2, 0.25) is 11.8 Å². The molecule has 0 spiro atoms. The lowest BCUT2D eigenvalue weighted by molar-refractivity contribution is -0.143. The van der Waals surface area contributed by atoms with Crippen molar-refractivity contribution in [1.82, 2.24) is 10.6 Å². The Morgan fingerprint density at radius 2 is 1.64 bits per heavy atom. The minimum absolute atomic E-state index is 0.0261. The standard InChI is InChI=1S/C26H38N2O4S/c1-17(2)22(33)23(29)28-26(14-6-7-15-26)25(32)27-21(24(30)31)16-18-10-12-20(13-11-18)19-8-4-3-5-9-19/h10-13,17,19,21-22,33H,3-9,14-16H2,1-2H3,(H,27,32)(H,28,29)(H,30,31)/t21-,22-/m1/s1. The lowest BCUT2D eigenvalue weighted by atomic mass is 9.84. The van der Waals surface area contributed by atoms with Crippen LogP contribution in [0.1, 0.15) is 88.7 Å². The fourth-order valence-electron chi connectivity index (χ4n) is 5.09. The second-order valence-corrected chi connectivity index (χ2v) is 10.7. The molecule has 2 saturated carbocycles. The van der Waals surface area contributed by atoms with E-state index in [9.17, 15) is 19.5 Å². The molecule has 6 nitrogen and oxygen atoms in total. The number of rotatable bonds is 9. The van der Waals surface area contributed by atoms with Crippen LogP contribution in [0.25, 0.3) is 0 Å². The van der Waals surface area contributed by atoms with Crippen LogP contribution in [0.2, 0.25) is 0 Å². The predicted octanol–water partition coefficient (Wildman–Crippen LogP) is 4.23. The molecule has 0 heterocycles. The molecule has 0 radical (unpaired) electrons. The summed E-state index contributed by atoms with van der Waals surface area (Å²) in [6.07, 6.45) is 9.11. The van der Waals surface area contributed by atoms with Crippen molar-refractivity contribution in [3.63, 3.8) is 0 Å². The number of benzene rings is 1. The minimum atomic E-state index is -1.08. The number of aliphatic carboxylic acids is 1. The van der Waals surface area contributed by atoms with Gasteiger partial charge in [-0.15, -0.1) is 0 Å². The van der Waals surface area contributed by atoms with Gasteiger partial charge in [0.25, 0.3) is 0 Å². The van der Waals surface area contributed by atoms with Gasteiger partial charge in [-0.25, -0.2) is 4.79 Å². The molecule has 182 valence electrons. The average Bonchev–Trinajstić information content (AvgIpc) is 3.28. The summed E-state index contributed by atoms with van der Waals surface area (Å²) in [5.74, 6) is -1.15. The van der Waals surface area contributed by atoms with Crippen LogP contribution in [0.15, 0.2) is 24.3 Å². The van der Waals surface area contributed by atoms with Crippen LogP contribution in [0.5, 0.6) is 0 Å². The Balaban J connectivity index is 1.67. The van der Waals surface area contributed by atoms with Crippen molar-refractivity contribution in [3.8, 4) is 0 Å². The summed E-state index contributed by atoms with van der Waals surface area (Å²) in [7, 11) is 0. The molecule has 1 aromatic rings. The second kappa shape index (κ2) is 11.4. The van der Waals surface area contributed by atoms with E-state index in [1.807, 2.05) is 26.0 Å². The number of nitrogens with one attached hydrogen (secondary N) is 2. The molecule has 33 heavy (non-hydrogen) atoms. The van der Waals surface area contributed by atoms with E-state index >= 15 is 0 Å². The highest BCUT2D eigenvalue weighted by Crippen LogP contribution is 2.33. The van der Waals surface area contributed by atoms with E-state index in [1.165, 1.54) is 37.7 Å². The number of hydrogen-bond donors (Lipinski definition) is 4. The first-order valence-corrected chi connectivity index (χ1v) is 12.9. The summed E-state index contributed by atoms with van der Waals surface area (Å²) in [6.45, 7) is 3.80. The molecule has 0 unspecified atom stereocenters. The largest absolute Gasteiger partial charge is 0.480 e. The third-order valence-corrected chi connectivity index (χ3v) is 8.08. The zero-order valence-corrected chi connectivity index (χ0v) is 20.7. The fraction of sp³-hybridized carbons (Fsp3) is 0.654. The van der Waals surface area contributed by atoms with Crippen LogP contribution in [0.4, 0.5) is 0 Å². The first-order valence-electron chi connectivity index (χ1n) is 12.3. The zero-order chi connectivity index (χ0) is 24.0. The Bertz CT molecular complexity index is 827. The number of carboxylic acid groups (broad SMARTS) is 1. The van der Waals surface area contributed by atoms with Crippen LogP contribution in [0, 0.1) is 5.92 Å². The number of carbonyl (C=O) groups excluding carboxylic acids is 2. The fourth-order valence-corrected chi connectivity index (χ4v) is 5.16. The molecule has 3 rings (SSSR count). The summed E-state index contributed by atoms with van der Waals surface area (Å²) >= 11 is 4.38. The molecule has 3 N–H and O–H groups in total. The van der Waals surface area contributed by atoms with Crippen molar-refractivity contribution in [1.29, 1.82) is 0 Å². The van der Waals surface area contributed by atoms with E-state index in [0.717, 1.165) is 18.4 Å². The van der Waals surface area contributed by atoms with Crippen molar-refractivity contribution < 1.29 is 19.5 Å². The maximum absolute atomic E-state index is 13.2. The highest BCUT2D eigenvalue weighted by atomic mass is 32.1. The van der Waals surface area contributed by atoms with Crippen molar-refractivity contribution in [2.24, 2.45) is 5.92 Å². The van der Waals surface area contributed by atoms with Gasteiger partial charge in [-0.3, -0.25) is 9.59 Å². The summed E-state index contributed by atoms with van der Waals surface area (Å²) < 4.78 is 0. The summed E-state index contributed by atoms with van der Waals surface area (Å²) in [6, 6.07) is 7.11. The van der Waals surface area contributed by atoms with Crippen molar-refractivity contribution in [3.05, 3.63) is 35.4 Å². The molecule has 2 fully saturated rings. The van der Waals surface area contributed by atoms with Crippen molar-refractivity contribution in [2.75, 3.05) is 0 Å². The van der Waals surface area contributed by atoms with Gasteiger partial charge in [-0.1, -0.05) is 70.2 Å². The Kier molecular flexibility index (Phi) is 8.85. The molecule has 7 heteroatoms. The highest BCUT2D eigenvalue weighted by Gasteiger charge is 2.44. The van der Waals surface area contributed by atoms with Crippen LogP contribution in [-0.2, 0) is 20.8 Å². The molecular weight excluding hydrogens is 436 g/mol. The Morgan fingerprint density at radius 3 is 2.18 bits per heavy atom. The minimum Gasteiger partial charge on any atom is -0.480 e. The number of carbonyl (C=O) groups is 3. The molecule has 2 atom stereocenters. The van der Waals surface area contributed by atoms with Gasteiger partial charge in [0, 0.05) is 6.42 Å². The third-order valence-electron chi connectivity index (χ3n) is 7.25. The molecule has 1 aromatic carbocycles. The van der Waals surface area contributed by atoms with Crippen LogP contribution >= 0.6 is 12.6 Å². The topological polar surface area (TPSA) is 95.5 Å². The Labute approximate surface area is 202 Å². The second-order valence-electron chi connectivity index (χ2n) is 10.1. The molecule has 0 aliphatic heterocycles. The van der Waals surface area contributed by atoms with Crippen LogP contribution in [-0.4, -0.2) is 39.7 Å². The first-order chi connectivity index (χ1) is 15.7.